The maximum atomic E-state index is 12.0. The van der Waals surface area contributed by atoms with Gasteiger partial charge in [-0.2, -0.15) is 0 Å². The first-order valence-corrected chi connectivity index (χ1v) is 6.40. The molecular formula is C16H16O5. The monoisotopic (exact) mass is 288 g/mol. The molecule has 110 valence electrons. The lowest BCUT2D eigenvalue weighted by atomic mass is 9.97. The number of hydrogen-bond donors (Lipinski definition) is 3. The average molecular weight is 288 g/mol. The van der Waals surface area contributed by atoms with E-state index in [0.717, 1.165) is 6.07 Å². The molecule has 1 atom stereocenters. The molecule has 0 saturated heterocycles. The lowest BCUT2D eigenvalue weighted by molar-refractivity contribution is 0.104. The van der Waals surface area contributed by atoms with Crippen LogP contribution < -0.4 is 0 Å². The standard InChI is InChI=1S/C16H16O5/c1-21-16-8-10(3-7-14(16)19)2-6-13(18)12-5-4-11(17)9-15(12)20/h2-7,9-10,17,19-20H,8H2,1H3. The van der Waals surface area contributed by atoms with Crippen molar-refractivity contribution >= 4 is 5.78 Å². The molecule has 0 aliphatic heterocycles. The lowest BCUT2D eigenvalue weighted by Gasteiger charge is -2.16. The number of carbonyl (C=O) groups excluding carboxylic acids is 1. The molecule has 1 aromatic rings. The van der Waals surface area contributed by atoms with Gasteiger partial charge in [-0.25, -0.2) is 0 Å². The molecule has 0 aromatic heterocycles. The van der Waals surface area contributed by atoms with Crippen molar-refractivity contribution in [3.05, 3.63) is 59.6 Å². The third kappa shape index (κ3) is 3.45. The highest BCUT2D eigenvalue weighted by Crippen LogP contribution is 2.25. The molecule has 0 radical (unpaired) electrons. The number of aliphatic hydroxyl groups is 1. The minimum absolute atomic E-state index is 0.0703. The smallest absolute Gasteiger partial charge is 0.189 e. The third-order valence-corrected chi connectivity index (χ3v) is 3.20. The number of rotatable bonds is 4. The first-order valence-electron chi connectivity index (χ1n) is 6.40. The topological polar surface area (TPSA) is 87.0 Å². The van der Waals surface area contributed by atoms with Gasteiger partial charge in [0.25, 0.3) is 0 Å². The summed E-state index contributed by atoms with van der Waals surface area (Å²) in [5, 5.41) is 28.3. The number of hydrogen-bond acceptors (Lipinski definition) is 5. The Balaban J connectivity index is 2.08. The Morgan fingerprint density at radius 3 is 2.76 bits per heavy atom. The lowest BCUT2D eigenvalue weighted by Crippen LogP contribution is -2.05. The number of ketones is 1. The molecule has 0 amide bonds. The first kappa shape index (κ1) is 14.7. The molecule has 0 saturated carbocycles. The zero-order valence-corrected chi connectivity index (χ0v) is 11.5. The number of benzene rings is 1. The van der Waals surface area contributed by atoms with Crippen molar-refractivity contribution < 1.29 is 24.9 Å². The molecule has 1 aromatic carbocycles. The Labute approximate surface area is 122 Å². The summed E-state index contributed by atoms with van der Waals surface area (Å²) in [6, 6.07) is 3.82. The Hall–Kier alpha value is -2.69. The van der Waals surface area contributed by atoms with Crippen molar-refractivity contribution in [1.29, 1.82) is 0 Å². The highest BCUT2D eigenvalue weighted by atomic mass is 16.5. The Bertz CT molecular complexity index is 640. The van der Waals surface area contributed by atoms with Gasteiger partial charge in [0.05, 0.1) is 12.7 Å². The SMILES string of the molecule is COC1=C(O)C=CC(C=CC(=O)c2ccc(O)cc2O)C1. The highest BCUT2D eigenvalue weighted by molar-refractivity contribution is 6.06. The molecule has 1 aliphatic carbocycles. The van der Waals surface area contributed by atoms with Crippen LogP contribution in [0.1, 0.15) is 16.8 Å². The molecule has 1 aliphatic rings. The zero-order chi connectivity index (χ0) is 15.4. The van der Waals surface area contributed by atoms with E-state index in [1.54, 1.807) is 12.2 Å². The number of aromatic hydroxyl groups is 2. The molecule has 0 bridgehead atoms. The Kier molecular flexibility index (Phi) is 4.33. The first-order chi connectivity index (χ1) is 10.0. The molecule has 5 nitrogen and oxygen atoms in total. The Morgan fingerprint density at radius 1 is 1.33 bits per heavy atom. The summed E-state index contributed by atoms with van der Waals surface area (Å²) in [5.74, 6) is -0.248. The predicted octanol–water partition coefficient (Wildman–Crippen LogP) is 2.83. The van der Waals surface area contributed by atoms with E-state index in [9.17, 15) is 20.1 Å². The van der Waals surface area contributed by atoms with Gasteiger partial charge in [0.2, 0.25) is 0 Å². The van der Waals surface area contributed by atoms with Crippen molar-refractivity contribution in [2.45, 2.75) is 6.42 Å². The average Bonchev–Trinajstić information content (AvgIpc) is 2.46. The summed E-state index contributed by atoms with van der Waals surface area (Å²) in [6.07, 6.45) is 6.79. The Morgan fingerprint density at radius 2 is 2.10 bits per heavy atom. The van der Waals surface area contributed by atoms with Gasteiger partial charge in [0.1, 0.15) is 17.3 Å². The van der Waals surface area contributed by atoms with Gasteiger partial charge in [-0.3, -0.25) is 4.79 Å². The van der Waals surface area contributed by atoms with Crippen molar-refractivity contribution in [2.75, 3.05) is 7.11 Å². The van der Waals surface area contributed by atoms with Crippen LogP contribution in [0.3, 0.4) is 0 Å². The van der Waals surface area contributed by atoms with E-state index in [1.165, 1.54) is 31.4 Å². The van der Waals surface area contributed by atoms with Crippen LogP contribution in [0.2, 0.25) is 0 Å². The van der Waals surface area contributed by atoms with Crippen LogP contribution >= 0.6 is 0 Å². The van der Waals surface area contributed by atoms with E-state index in [2.05, 4.69) is 0 Å². The largest absolute Gasteiger partial charge is 0.508 e. The number of methoxy groups -OCH3 is 1. The molecule has 2 rings (SSSR count). The number of ether oxygens (including phenoxy) is 1. The molecule has 21 heavy (non-hydrogen) atoms. The second kappa shape index (κ2) is 6.17. The van der Waals surface area contributed by atoms with Gasteiger partial charge in [-0.1, -0.05) is 12.2 Å². The van der Waals surface area contributed by atoms with E-state index >= 15 is 0 Å². The number of aliphatic hydroxyl groups excluding tert-OH is 1. The predicted molar refractivity (Wildman–Crippen MR) is 77.2 cm³/mol. The molecule has 1 unspecified atom stereocenters. The van der Waals surface area contributed by atoms with Crippen LogP contribution in [0.25, 0.3) is 0 Å². The molecule has 0 spiro atoms. The molecule has 3 N–H and O–H groups in total. The van der Waals surface area contributed by atoms with Gasteiger partial charge in [0, 0.05) is 18.4 Å². The number of allylic oxidation sites excluding steroid dienone is 5. The van der Waals surface area contributed by atoms with E-state index in [0.29, 0.717) is 12.2 Å². The summed E-state index contributed by atoms with van der Waals surface area (Å²) in [7, 11) is 1.48. The van der Waals surface area contributed by atoms with Crippen LogP contribution in [-0.2, 0) is 4.74 Å². The van der Waals surface area contributed by atoms with Crippen molar-refractivity contribution in [2.24, 2.45) is 5.92 Å². The van der Waals surface area contributed by atoms with Gasteiger partial charge >= 0.3 is 0 Å². The summed E-state index contributed by atoms with van der Waals surface area (Å²) in [4.78, 5) is 12.0. The van der Waals surface area contributed by atoms with Gasteiger partial charge in [-0.15, -0.1) is 0 Å². The summed E-state index contributed by atoms with van der Waals surface area (Å²) < 4.78 is 5.05. The second-order valence-electron chi connectivity index (χ2n) is 4.66. The maximum absolute atomic E-state index is 12.0. The van der Waals surface area contributed by atoms with Crippen LogP contribution in [-0.4, -0.2) is 28.2 Å². The fourth-order valence-corrected chi connectivity index (χ4v) is 2.04. The minimum Gasteiger partial charge on any atom is -0.508 e. The molecule has 5 heteroatoms. The number of carbonyl (C=O) groups is 1. The normalized spacial score (nSPS) is 18.2. The highest BCUT2D eigenvalue weighted by Gasteiger charge is 2.15. The van der Waals surface area contributed by atoms with Crippen LogP contribution in [0.15, 0.2) is 54.0 Å². The van der Waals surface area contributed by atoms with Crippen molar-refractivity contribution in [1.82, 2.24) is 0 Å². The summed E-state index contributed by atoms with van der Waals surface area (Å²) in [6.45, 7) is 0. The van der Waals surface area contributed by atoms with E-state index < -0.39 is 0 Å². The van der Waals surface area contributed by atoms with Crippen LogP contribution in [0.5, 0.6) is 11.5 Å². The fourth-order valence-electron chi connectivity index (χ4n) is 2.04. The number of phenols is 2. The van der Waals surface area contributed by atoms with Crippen molar-refractivity contribution in [3.63, 3.8) is 0 Å². The third-order valence-electron chi connectivity index (χ3n) is 3.20. The van der Waals surface area contributed by atoms with E-state index in [-0.39, 0.29) is 34.5 Å². The van der Waals surface area contributed by atoms with Crippen LogP contribution in [0.4, 0.5) is 0 Å². The number of phenolic OH excluding ortho intramolecular Hbond substituents is 2. The summed E-state index contributed by atoms with van der Waals surface area (Å²) in [5.41, 5.74) is 0.120. The van der Waals surface area contributed by atoms with Gasteiger partial charge in [-0.05, 0) is 24.3 Å². The van der Waals surface area contributed by atoms with Gasteiger partial charge in [0.15, 0.2) is 11.5 Å². The van der Waals surface area contributed by atoms with E-state index in [1.807, 2.05) is 0 Å². The molecular weight excluding hydrogens is 272 g/mol. The van der Waals surface area contributed by atoms with Crippen LogP contribution in [0, 0.1) is 5.92 Å². The van der Waals surface area contributed by atoms with Gasteiger partial charge < -0.3 is 20.1 Å². The quantitative estimate of drug-likeness (QED) is 0.586. The molecule has 0 fully saturated rings. The fraction of sp³-hybridized carbons (Fsp3) is 0.188. The van der Waals surface area contributed by atoms with E-state index in [4.69, 9.17) is 4.74 Å². The zero-order valence-electron chi connectivity index (χ0n) is 11.5. The van der Waals surface area contributed by atoms with Crippen molar-refractivity contribution in [3.8, 4) is 11.5 Å². The molecule has 0 heterocycles. The maximum Gasteiger partial charge on any atom is 0.189 e. The summed E-state index contributed by atoms with van der Waals surface area (Å²) >= 11 is 0. The minimum atomic E-state index is -0.362. The second-order valence-corrected chi connectivity index (χ2v) is 4.66.